The van der Waals surface area contributed by atoms with Crippen LogP contribution >= 0.6 is 0 Å². The third-order valence-electron chi connectivity index (χ3n) is 3.39. The van der Waals surface area contributed by atoms with Crippen molar-refractivity contribution < 1.29 is 4.79 Å². The first-order valence-electron chi connectivity index (χ1n) is 7.41. The number of nitrogens with one attached hydrogen (secondary N) is 1. The summed E-state index contributed by atoms with van der Waals surface area (Å²) in [5.41, 5.74) is 6.92. The van der Waals surface area contributed by atoms with Crippen molar-refractivity contribution in [2.45, 2.75) is 32.7 Å². The van der Waals surface area contributed by atoms with E-state index >= 15 is 0 Å². The number of benzene rings is 1. The van der Waals surface area contributed by atoms with Gasteiger partial charge < -0.3 is 11.1 Å². The average Bonchev–Trinajstić information content (AvgIpc) is 2.46. The van der Waals surface area contributed by atoms with Gasteiger partial charge in [-0.05, 0) is 25.3 Å². The Morgan fingerprint density at radius 3 is 2.60 bits per heavy atom. The SMILES string of the molecule is CCC(C)NC(=O)CN(CCN)CCc1ccccc1. The molecule has 1 unspecified atom stereocenters. The minimum absolute atomic E-state index is 0.0841. The molecule has 0 spiro atoms. The van der Waals surface area contributed by atoms with Gasteiger partial charge >= 0.3 is 0 Å². The lowest BCUT2D eigenvalue weighted by Gasteiger charge is -2.22. The standard InChI is InChI=1S/C16H27N3O/c1-3-14(2)18-16(20)13-19(12-10-17)11-9-15-7-5-4-6-8-15/h4-8,14H,3,9-13,17H2,1-2H3,(H,18,20). The highest BCUT2D eigenvalue weighted by atomic mass is 16.2. The number of amides is 1. The van der Waals surface area contributed by atoms with E-state index in [1.54, 1.807) is 0 Å². The predicted octanol–water partition coefficient (Wildman–Crippen LogP) is 1.40. The molecule has 0 saturated heterocycles. The molecule has 1 aromatic rings. The van der Waals surface area contributed by atoms with E-state index in [4.69, 9.17) is 5.73 Å². The minimum atomic E-state index is 0.0841. The second kappa shape index (κ2) is 9.50. The molecule has 0 saturated carbocycles. The van der Waals surface area contributed by atoms with E-state index in [-0.39, 0.29) is 11.9 Å². The van der Waals surface area contributed by atoms with Crippen molar-refractivity contribution in [3.63, 3.8) is 0 Å². The molecule has 0 heterocycles. The number of nitrogens with two attached hydrogens (primary N) is 1. The summed E-state index contributed by atoms with van der Waals surface area (Å²) in [7, 11) is 0. The molecular formula is C16H27N3O. The lowest BCUT2D eigenvalue weighted by atomic mass is 10.1. The summed E-state index contributed by atoms with van der Waals surface area (Å²) in [4.78, 5) is 14.0. The van der Waals surface area contributed by atoms with Crippen LogP contribution in [0.15, 0.2) is 30.3 Å². The summed E-state index contributed by atoms with van der Waals surface area (Å²) in [5, 5.41) is 3.00. The molecule has 0 aromatic heterocycles. The molecule has 0 bridgehead atoms. The zero-order valence-corrected chi connectivity index (χ0v) is 12.6. The van der Waals surface area contributed by atoms with Crippen LogP contribution in [0.2, 0.25) is 0 Å². The van der Waals surface area contributed by atoms with E-state index < -0.39 is 0 Å². The molecule has 0 aliphatic heterocycles. The van der Waals surface area contributed by atoms with Crippen LogP contribution in [0.5, 0.6) is 0 Å². The number of rotatable bonds is 9. The van der Waals surface area contributed by atoms with Crippen LogP contribution in [0, 0.1) is 0 Å². The predicted molar refractivity (Wildman–Crippen MR) is 83.5 cm³/mol. The van der Waals surface area contributed by atoms with E-state index in [1.165, 1.54) is 5.56 Å². The van der Waals surface area contributed by atoms with Gasteiger partial charge in [-0.25, -0.2) is 0 Å². The molecule has 1 rings (SSSR count). The molecule has 1 amide bonds. The number of carbonyl (C=O) groups is 1. The minimum Gasteiger partial charge on any atom is -0.353 e. The zero-order chi connectivity index (χ0) is 14.8. The number of hydrogen-bond donors (Lipinski definition) is 2. The van der Waals surface area contributed by atoms with Gasteiger partial charge in [-0.15, -0.1) is 0 Å². The van der Waals surface area contributed by atoms with Crippen LogP contribution in [0.25, 0.3) is 0 Å². The molecule has 4 heteroatoms. The molecule has 112 valence electrons. The van der Waals surface area contributed by atoms with Gasteiger partial charge in [0.1, 0.15) is 0 Å². The maximum Gasteiger partial charge on any atom is 0.234 e. The van der Waals surface area contributed by atoms with E-state index in [0.717, 1.165) is 25.9 Å². The van der Waals surface area contributed by atoms with E-state index in [1.807, 2.05) is 25.1 Å². The van der Waals surface area contributed by atoms with Gasteiger partial charge in [-0.1, -0.05) is 37.3 Å². The summed E-state index contributed by atoms with van der Waals surface area (Å²) in [6.07, 6.45) is 1.89. The van der Waals surface area contributed by atoms with Gasteiger partial charge in [0, 0.05) is 25.7 Å². The second-order valence-corrected chi connectivity index (χ2v) is 5.18. The van der Waals surface area contributed by atoms with Crippen molar-refractivity contribution >= 4 is 5.91 Å². The highest BCUT2D eigenvalue weighted by molar-refractivity contribution is 5.78. The summed E-state index contributed by atoms with van der Waals surface area (Å²) in [6, 6.07) is 10.5. The maximum absolute atomic E-state index is 11.9. The lowest BCUT2D eigenvalue weighted by Crippen LogP contribution is -2.43. The third-order valence-corrected chi connectivity index (χ3v) is 3.39. The van der Waals surface area contributed by atoms with Gasteiger partial charge in [0.05, 0.1) is 6.54 Å². The Kier molecular flexibility index (Phi) is 7.92. The third kappa shape index (κ3) is 6.68. The van der Waals surface area contributed by atoms with Crippen LogP contribution < -0.4 is 11.1 Å². The molecule has 20 heavy (non-hydrogen) atoms. The Hall–Kier alpha value is -1.39. The molecule has 4 nitrogen and oxygen atoms in total. The molecule has 0 fully saturated rings. The summed E-state index contributed by atoms with van der Waals surface area (Å²) in [5.74, 6) is 0.0841. The highest BCUT2D eigenvalue weighted by Gasteiger charge is 2.11. The van der Waals surface area contributed by atoms with Crippen molar-refractivity contribution in [2.24, 2.45) is 5.73 Å². The van der Waals surface area contributed by atoms with E-state index in [9.17, 15) is 4.79 Å². The number of nitrogens with zero attached hydrogens (tertiary/aromatic N) is 1. The van der Waals surface area contributed by atoms with Gasteiger partial charge in [-0.3, -0.25) is 9.69 Å². The smallest absolute Gasteiger partial charge is 0.234 e. The van der Waals surface area contributed by atoms with Gasteiger partial charge in [0.15, 0.2) is 0 Å². The summed E-state index contributed by atoms with van der Waals surface area (Å²) >= 11 is 0. The first kappa shape index (κ1) is 16.7. The van der Waals surface area contributed by atoms with Crippen molar-refractivity contribution in [2.75, 3.05) is 26.2 Å². The normalized spacial score (nSPS) is 12.4. The first-order chi connectivity index (χ1) is 9.65. The molecule has 3 N–H and O–H groups in total. The number of hydrogen-bond acceptors (Lipinski definition) is 3. The Morgan fingerprint density at radius 2 is 2.00 bits per heavy atom. The fourth-order valence-electron chi connectivity index (χ4n) is 2.01. The van der Waals surface area contributed by atoms with Gasteiger partial charge in [-0.2, -0.15) is 0 Å². The highest BCUT2D eigenvalue weighted by Crippen LogP contribution is 2.01. The van der Waals surface area contributed by atoms with Crippen molar-refractivity contribution in [1.29, 1.82) is 0 Å². The Labute approximate surface area is 122 Å². The topological polar surface area (TPSA) is 58.4 Å². The average molecular weight is 277 g/mol. The fraction of sp³-hybridized carbons (Fsp3) is 0.562. The second-order valence-electron chi connectivity index (χ2n) is 5.18. The van der Waals surface area contributed by atoms with Crippen molar-refractivity contribution in [1.82, 2.24) is 10.2 Å². The molecule has 0 aliphatic carbocycles. The molecule has 1 atom stereocenters. The van der Waals surface area contributed by atoms with E-state index in [0.29, 0.717) is 13.1 Å². The van der Waals surface area contributed by atoms with Gasteiger partial charge in [0.2, 0.25) is 5.91 Å². The monoisotopic (exact) mass is 277 g/mol. The Bertz CT molecular complexity index is 381. The van der Waals surface area contributed by atoms with Crippen molar-refractivity contribution in [3.8, 4) is 0 Å². The quantitative estimate of drug-likeness (QED) is 0.717. The Balaban J connectivity index is 2.41. The summed E-state index contributed by atoms with van der Waals surface area (Å²) in [6.45, 7) is 6.70. The van der Waals surface area contributed by atoms with Crippen LogP contribution in [0.1, 0.15) is 25.8 Å². The zero-order valence-electron chi connectivity index (χ0n) is 12.6. The first-order valence-corrected chi connectivity index (χ1v) is 7.41. The molecule has 1 aromatic carbocycles. The molecule has 0 radical (unpaired) electrons. The van der Waals surface area contributed by atoms with Crippen LogP contribution in [-0.4, -0.2) is 43.0 Å². The van der Waals surface area contributed by atoms with Crippen molar-refractivity contribution in [3.05, 3.63) is 35.9 Å². The lowest BCUT2D eigenvalue weighted by molar-refractivity contribution is -0.122. The van der Waals surface area contributed by atoms with Crippen LogP contribution in [0.4, 0.5) is 0 Å². The molecular weight excluding hydrogens is 250 g/mol. The molecule has 0 aliphatic rings. The van der Waals surface area contributed by atoms with Gasteiger partial charge in [0.25, 0.3) is 0 Å². The van der Waals surface area contributed by atoms with Crippen LogP contribution in [0.3, 0.4) is 0 Å². The number of carbonyl (C=O) groups excluding carboxylic acids is 1. The Morgan fingerprint density at radius 1 is 1.30 bits per heavy atom. The largest absolute Gasteiger partial charge is 0.353 e. The fourth-order valence-corrected chi connectivity index (χ4v) is 2.01. The van der Waals surface area contributed by atoms with Crippen LogP contribution in [-0.2, 0) is 11.2 Å². The van der Waals surface area contributed by atoms with E-state index in [2.05, 4.69) is 29.3 Å². The summed E-state index contributed by atoms with van der Waals surface area (Å²) < 4.78 is 0. The maximum atomic E-state index is 11.9.